The van der Waals surface area contributed by atoms with E-state index in [0.29, 0.717) is 19.1 Å². The number of ether oxygens (including phenoxy) is 1. The summed E-state index contributed by atoms with van der Waals surface area (Å²) in [5, 5.41) is 6.33. The van der Waals surface area contributed by atoms with E-state index in [-0.39, 0.29) is 41.5 Å². The van der Waals surface area contributed by atoms with E-state index < -0.39 is 10.0 Å². The van der Waals surface area contributed by atoms with Crippen LogP contribution in [-0.2, 0) is 21.3 Å². The first-order valence-electron chi connectivity index (χ1n) is 7.43. The molecule has 3 N–H and O–H groups in total. The zero-order valence-electron chi connectivity index (χ0n) is 14.5. The third-order valence-electron chi connectivity index (χ3n) is 2.92. The van der Waals surface area contributed by atoms with Crippen LogP contribution in [0.15, 0.2) is 34.2 Å². The second-order valence-corrected chi connectivity index (χ2v) is 7.03. The van der Waals surface area contributed by atoms with E-state index in [1.807, 2.05) is 19.9 Å². The van der Waals surface area contributed by atoms with Gasteiger partial charge in [-0.3, -0.25) is 4.99 Å². The molecule has 0 atom stereocenters. The summed E-state index contributed by atoms with van der Waals surface area (Å²) in [5.74, 6) is 0.673. The van der Waals surface area contributed by atoms with Crippen molar-refractivity contribution in [1.82, 2.24) is 15.4 Å². The maximum Gasteiger partial charge on any atom is 0.240 e. The smallest absolute Gasteiger partial charge is 0.240 e. The molecule has 0 aliphatic heterocycles. The van der Waals surface area contributed by atoms with Crippen LogP contribution in [0.5, 0.6) is 0 Å². The third-order valence-corrected chi connectivity index (χ3v) is 4.37. The Labute approximate surface area is 161 Å². The molecule has 7 nitrogen and oxygen atoms in total. The SMILES string of the molecule is CN=C(NCc1cccc(S(=O)(=O)NCCOC)c1)NC(C)C.I. The van der Waals surface area contributed by atoms with E-state index in [1.54, 1.807) is 25.2 Å². The first-order chi connectivity index (χ1) is 10.9. The van der Waals surface area contributed by atoms with Crippen LogP contribution >= 0.6 is 24.0 Å². The first kappa shape index (κ1) is 23.1. The number of benzene rings is 1. The number of rotatable bonds is 8. The van der Waals surface area contributed by atoms with Gasteiger partial charge in [0.05, 0.1) is 11.5 Å². The Morgan fingerprint density at radius 1 is 1.33 bits per heavy atom. The van der Waals surface area contributed by atoms with Gasteiger partial charge in [0, 0.05) is 33.3 Å². The average Bonchev–Trinajstić information content (AvgIpc) is 2.51. The van der Waals surface area contributed by atoms with Crippen molar-refractivity contribution in [2.75, 3.05) is 27.3 Å². The van der Waals surface area contributed by atoms with E-state index in [4.69, 9.17) is 4.74 Å². The molecule has 0 fully saturated rings. The summed E-state index contributed by atoms with van der Waals surface area (Å²) in [6.07, 6.45) is 0. The summed E-state index contributed by atoms with van der Waals surface area (Å²) in [6.45, 7) is 5.09. The predicted octanol–water partition coefficient (Wildman–Crippen LogP) is 1.30. The first-order valence-corrected chi connectivity index (χ1v) is 8.92. The highest BCUT2D eigenvalue weighted by atomic mass is 127. The van der Waals surface area contributed by atoms with Crippen LogP contribution < -0.4 is 15.4 Å². The highest BCUT2D eigenvalue weighted by molar-refractivity contribution is 14.0. The number of hydrogen-bond donors (Lipinski definition) is 3. The fourth-order valence-electron chi connectivity index (χ4n) is 1.84. The Morgan fingerprint density at radius 2 is 2.04 bits per heavy atom. The van der Waals surface area contributed by atoms with E-state index in [1.165, 1.54) is 7.11 Å². The van der Waals surface area contributed by atoms with E-state index in [0.717, 1.165) is 5.56 Å². The Balaban J connectivity index is 0.00000529. The summed E-state index contributed by atoms with van der Waals surface area (Å²) >= 11 is 0. The molecule has 0 radical (unpaired) electrons. The lowest BCUT2D eigenvalue weighted by Crippen LogP contribution is -2.40. The molecule has 0 aliphatic carbocycles. The van der Waals surface area contributed by atoms with Crippen LogP contribution in [-0.4, -0.2) is 47.7 Å². The fraction of sp³-hybridized carbons (Fsp3) is 0.533. The average molecular weight is 470 g/mol. The Hall–Kier alpha value is -0.910. The molecule has 0 bridgehead atoms. The van der Waals surface area contributed by atoms with Gasteiger partial charge >= 0.3 is 0 Å². The minimum absolute atomic E-state index is 0. The number of hydrogen-bond acceptors (Lipinski definition) is 4. The Kier molecular flexibility index (Phi) is 11.2. The molecule has 9 heteroatoms. The number of halogens is 1. The van der Waals surface area contributed by atoms with Gasteiger partial charge in [0.2, 0.25) is 10.0 Å². The molecule has 24 heavy (non-hydrogen) atoms. The van der Waals surface area contributed by atoms with E-state index in [9.17, 15) is 8.42 Å². The van der Waals surface area contributed by atoms with Crippen LogP contribution in [0.1, 0.15) is 19.4 Å². The lowest BCUT2D eigenvalue weighted by atomic mass is 10.2. The summed E-state index contributed by atoms with van der Waals surface area (Å²) in [4.78, 5) is 4.35. The number of sulfonamides is 1. The van der Waals surface area contributed by atoms with Gasteiger partial charge in [0.15, 0.2) is 5.96 Å². The largest absolute Gasteiger partial charge is 0.383 e. The van der Waals surface area contributed by atoms with Crippen LogP contribution in [0.2, 0.25) is 0 Å². The normalized spacial score (nSPS) is 12.0. The minimum atomic E-state index is -3.52. The van der Waals surface area contributed by atoms with Gasteiger partial charge in [-0.1, -0.05) is 12.1 Å². The predicted molar refractivity (Wildman–Crippen MR) is 107 cm³/mol. The van der Waals surface area contributed by atoms with Gasteiger partial charge < -0.3 is 15.4 Å². The Bertz CT molecular complexity index is 621. The summed E-state index contributed by atoms with van der Waals surface area (Å²) < 4.78 is 31.7. The molecule has 0 aromatic heterocycles. The molecule has 1 aromatic carbocycles. The lowest BCUT2D eigenvalue weighted by Gasteiger charge is -2.15. The van der Waals surface area contributed by atoms with Gasteiger partial charge in [-0.25, -0.2) is 13.1 Å². The number of guanidine groups is 1. The maximum atomic E-state index is 12.2. The van der Waals surface area contributed by atoms with Crippen LogP contribution in [0.25, 0.3) is 0 Å². The summed E-state index contributed by atoms with van der Waals surface area (Å²) in [6, 6.07) is 7.06. The van der Waals surface area contributed by atoms with Gasteiger partial charge in [0.1, 0.15) is 0 Å². The standard InChI is InChI=1S/C15H26N4O3S.HI/c1-12(2)19-15(16-3)17-11-13-6-5-7-14(10-13)23(20,21)18-8-9-22-4;/h5-7,10,12,18H,8-9,11H2,1-4H3,(H2,16,17,19);1H. The van der Waals surface area contributed by atoms with Crippen molar-refractivity contribution in [3.63, 3.8) is 0 Å². The topological polar surface area (TPSA) is 91.8 Å². The van der Waals surface area contributed by atoms with Gasteiger partial charge in [-0.15, -0.1) is 24.0 Å². The monoisotopic (exact) mass is 470 g/mol. The quantitative estimate of drug-likeness (QED) is 0.231. The van der Waals surface area contributed by atoms with Gasteiger partial charge in [-0.2, -0.15) is 0 Å². The zero-order valence-corrected chi connectivity index (χ0v) is 17.6. The molecule has 0 saturated heterocycles. The second-order valence-electron chi connectivity index (χ2n) is 5.26. The van der Waals surface area contributed by atoms with E-state index in [2.05, 4.69) is 20.3 Å². The lowest BCUT2D eigenvalue weighted by molar-refractivity contribution is 0.204. The number of methoxy groups -OCH3 is 1. The number of nitrogens with one attached hydrogen (secondary N) is 3. The molecule has 0 spiro atoms. The van der Waals surface area contributed by atoms with Crippen molar-refractivity contribution >= 4 is 40.0 Å². The third kappa shape index (κ3) is 8.27. The molecule has 0 unspecified atom stereocenters. The fourth-order valence-corrected chi connectivity index (χ4v) is 2.92. The van der Waals surface area contributed by atoms with Crippen LogP contribution in [0.3, 0.4) is 0 Å². The molecule has 0 amide bonds. The van der Waals surface area contributed by atoms with Crippen molar-refractivity contribution in [3.8, 4) is 0 Å². The molecule has 0 saturated carbocycles. The number of nitrogens with zero attached hydrogens (tertiary/aromatic N) is 1. The van der Waals surface area contributed by atoms with Gasteiger partial charge in [0.25, 0.3) is 0 Å². The molecule has 1 aromatic rings. The molecule has 138 valence electrons. The summed E-state index contributed by atoms with van der Waals surface area (Å²) in [7, 11) is -0.303. The molecular formula is C15H27IN4O3S. The van der Waals surface area contributed by atoms with Gasteiger partial charge in [-0.05, 0) is 31.5 Å². The van der Waals surface area contributed by atoms with Crippen molar-refractivity contribution in [3.05, 3.63) is 29.8 Å². The highest BCUT2D eigenvalue weighted by Crippen LogP contribution is 2.11. The maximum absolute atomic E-state index is 12.2. The Morgan fingerprint density at radius 3 is 2.62 bits per heavy atom. The molecule has 0 aliphatic rings. The molecule has 1 rings (SSSR count). The van der Waals surface area contributed by atoms with Crippen molar-refractivity contribution < 1.29 is 13.2 Å². The van der Waals surface area contributed by atoms with Crippen molar-refractivity contribution in [1.29, 1.82) is 0 Å². The van der Waals surface area contributed by atoms with Crippen LogP contribution in [0, 0.1) is 0 Å². The van der Waals surface area contributed by atoms with Crippen LogP contribution in [0.4, 0.5) is 0 Å². The zero-order chi connectivity index (χ0) is 17.3. The van der Waals surface area contributed by atoms with Crippen molar-refractivity contribution in [2.24, 2.45) is 4.99 Å². The second kappa shape index (κ2) is 11.6. The van der Waals surface area contributed by atoms with E-state index >= 15 is 0 Å². The summed E-state index contributed by atoms with van der Waals surface area (Å²) in [5.41, 5.74) is 0.853. The number of aliphatic imine (C=N–C) groups is 1. The minimum Gasteiger partial charge on any atom is -0.383 e. The van der Waals surface area contributed by atoms with Crippen molar-refractivity contribution in [2.45, 2.75) is 31.3 Å². The molecular weight excluding hydrogens is 443 g/mol. The molecule has 0 heterocycles. The highest BCUT2D eigenvalue weighted by Gasteiger charge is 2.13.